The fourth-order valence-corrected chi connectivity index (χ4v) is 3.88. The highest BCUT2D eigenvalue weighted by atomic mass is 32.1. The lowest BCUT2D eigenvalue weighted by Gasteiger charge is -2.29. The first-order valence-corrected chi connectivity index (χ1v) is 9.47. The second-order valence-corrected chi connectivity index (χ2v) is 7.29. The van der Waals surface area contributed by atoms with Gasteiger partial charge in [0.1, 0.15) is 0 Å². The fraction of sp³-hybridized carbons (Fsp3) is 0.765. The summed E-state index contributed by atoms with van der Waals surface area (Å²) in [5, 5.41) is 8.21. The Morgan fingerprint density at radius 3 is 2.68 bits per heavy atom. The van der Waals surface area contributed by atoms with Crippen LogP contribution in [0.2, 0.25) is 0 Å². The lowest BCUT2D eigenvalue weighted by Crippen LogP contribution is -2.45. The molecule has 4 nitrogen and oxygen atoms in total. The van der Waals surface area contributed by atoms with Gasteiger partial charge in [-0.05, 0) is 38.0 Å². The number of aliphatic imine (C=N–C) groups is 1. The normalized spacial score (nSPS) is 22.6. The maximum Gasteiger partial charge on any atom is 0.191 e. The molecule has 0 atom stereocenters. The molecular formula is C17H30N4S. The van der Waals surface area contributed by atoms with Crippen LogP contribution in [0.15, 0.2) is 11.2 Å². The van der Waals surface area contributed by atoms with E-state index in [0.29, 0.717) is 6.04 Å². The van der Waals surface area contributed by atoms with Gasteiger partial charge in [-0.3, -0.25) is 4.99 Å². The summed E-state index contributed by atoms with van der Waals surface area (Å²) in [5.74, 6) is 1.87. The van der Waals surface area contributed by atoms with Crippen LogP contribution in [0.25, 0.3) is 0 Å². The van der Waals surface area contributed by atoms with E-state index >= 15 is 0 Å². The van der Waals surface area contributed by atoms with Crippen molar-refractivity contribution in [1.29, 1.82) is 0 Å². The van der Waals surface area contributed by atoms with Gasteiger partial charge in [-0.15, -0.1) is 11.3 Å². The highest BCUT2D eigenvalue weighted by Gasteiger charge is 2.20. The molecule has 1 aromatic heterocycles. The first-order chi connectivity index (χ1) is 10.7. The van der Waals surface area contributed by atoms with E-state index in [9.17, 15) is 0 Å². The molecule has 1 aliphatic rings. The van der Waals surface area contributed by atoms with Gasteiger partial charge in [0.15, 0.2) is 5.96 Å². The number of aromatic nitrogens is 1. The second kappa shape index (κ2) is 9.13. The van der Waals surface area contributed by atoms with Gasteiger partial charge in [0.25, 0.3) is 0 Å². The summed E-state index contributed by atoms with van der Waals surface area (Å²) in [6.45, 7) is 5.37. The number of aryl methyl sites for hydroxylation is 1. The van der Waals surface area contributed by atoms with Gasteiger partial charge in [-0.2, -0.15) is 0 Å². The number of nitrogens with one attached hydrogen (secondary N) is 2. The minimum Gasteiger partial charge on any atom is -0.356 e. The molecule has 1 aromatic rings. The molecule has 5 heteroatoms. The molecule has 0 aromatic carbocycles. The van der Waals surface area contributed by atoms with Crippen molar-refractivity contribution in [3.05, 3.63) is 16.1 Å². The number of nitrogens with zero attached hydrogens (tertiary/aromatic N) is 2. The Bertz CT molecular complexity index is 461. The zero-order valence-corrected chi connectivity index (χ0v) is 15.0. The summed E-state index contributed by atoms with van der Waals surface area (Å²) >= 11 is 1.82. The predicted molar refractivity (Wildman–Crippen MR) is 95.7 cm³/mol. The van der Waals surface area contributed by atoms with Crippen molar-refractivity contribution in [1.82, 2.24) is 15.6 Å². The average Bonchev–Trinajstić information content (AvgIpc) is 3.02. The second-order valence-electron chi connectivity index (χ2n) is 6.09. The number of rotatable bonds is 6. The molecule has 0 spiro atoms. The van der Waals surface area contributed by atoms with Crippen molar-refractivity contribution in [2.24, 2.45) is 10.9 Å². The van der Waals surface area contributed by atoms with E-state index in [1.165, 1.54) is 42.0 Å². The van der Waals surface area contributed by atoms with Crippen molar-refractivity contribution in [3.63, 3.8) is 0 Å². The van der Waals surface area contributed by atoms with Crippen molar-refractivity contribution in [2.75, 3.05) is 13.6 Å². The quantitative estimate of drug-likeness (QED) is 0.623. The average molecular weight is 323 g/mol. The Morgan fingerprint density at radius 2 is 2.09 bits per heavy atom. The Labute approximate surface area is 138 Å². The molecule has 1 heterocycles. The summed E-state index contributed by atoms with van der Waals surface area (Å²) in [4.78, 5) is 10.2. The third kappa shape index (κ3) is 5.27. The summed E-state index contributed by atoms with van der Waals surface area (Å²) in [7, 11) is 1.85. The largest absolute Gasteiger partial charge is 0.356 e. The molecular weight excluding hydrogens is 292 g/mol. The first-order valence-electron chi connectivity index (χ1n) is 8.65. The van der Waals surface area contributed by atoms with Crippen LogP contribution in [-0.2, 0) is 12.8 Å². The van der Waals surface area contributed by atoms with Gasteiger partial charge in [0.2, 0.25) is 0 Å². The first kappa shape index (κ1) is 17.3. The Kier molecular flexibility index (Phi) is 7.16. The maximum absolute atomic E-state index is 4.46. The SMILES string of the molecule is CCc1cnc(CCNC(=NC)NC2CCC(CC)CC2)s1. The maximum atomic E-state index is 4.46. The lowest BCUT2D eigenvalue weighted by molar-refractivity contribution is 0.304. The van der Waals surface area contributed by atoms with Crippen LogP contribution in [0.3, 0.4) is 0 Å². The zero-order valence-electron chi connectivity index (χ0n) is 14.2. The molecule has 1 aliphatic carbocycles. The molecule has 22 heavy (non-hydrogen) atoms. The highest BCUT2D eigenvalue weighted by Crippen LogP contribution is 2.26. The van der Waals surface area contributed by atoms with E-state index in [4.69, 9.17) is 0 Å². The van der Waals surface area contributed by atoms with Crippen molar-refractivity contribution >= 4 is 17.3 Å². The Morgan fingerprint density at radius 1 is 1.32 bits per heavy atom. The molecule has 0 amide bonds. The summed E-state index contributed by atoms with van der Waals surface area (Å²) < 4.78 is 0. The van der Waals surface area contributed by atoms with Crippen LogP contribution in [0.5, 0.6) is 0 Å². The molecule has 1 fully saturated rings. The van der Waals surface area contributed by atoms with E-state index in [-0.39, 0.29) is 0 Å². The van der Waals surface area contributed by atoms with E-state index in [1.807, 2.05) is 24.6 Å². The standard InChI is InChI=1S/C17H30N4S/c1-4-13-6-8-14(9-7-13)21-17(18-3)19-11-10-16-20-12-15(5-2)22-16/h12-14H,4-11H2,1-3H3,(H2,18,19,21). The number of hydrogen-bond acceptors (Lipinski definition) is 3. The molecule has 0 unspecified atom stereocenters. The van der Waals surface area contributed by atoms with Crippen LogP contribution in [-0.4, -0.2) is 30.6 Å². The zero-order chi connectivity index (χ0) is 15.8. The molecule has 2 N–H and O–H groups in total. The van der Waals surface area contributed by atoms with E-state index in [2.05, 4.69) is 34.5 Å². The van der Waals surface area contributed by atoms with Gasteiger partial charge < -0.3 is 10.6 Å². The third-order valence-electron chi connectivity index (χ3n) is 4.57. The highest BCUT2D eigenvalue weighted by molar-refractivity contribution is 7.11. The molecule has 0 aliphatic heterocycles. The van der Waals surface area contributed by atoms with Crippen molar-refractivity contribution in [2.45, 2.75) is 64.8 Å². The number of hydrogen-bond donors (Lipinski definition) is 2. The predicted octanol–water partition coefficient (Wildman–Crippen LogP) is 3.38. The van der Waals surface area contributed by atoms with Gasteiger partial charge in [0.05, 0.1) is 5.01 Å². The monoisotopic (exact) mass is 322 g/mol. The Balaban J connectivity index is 1.69. The molecule has 2 rings (SSSR count). The van der Waals surface area contributed by atoms with Crippen LogP contribution in [0.1, 0.15) is 55.8 Å². The van der Waals surface area contributed by atoms with Crippen LogP contribution < -0.4 is 10.6 Å². The number of thiazole rings is 1. The van der Waals surface area contributed by atoms with Crippen LogP contribution in [0, 0.1) is 5.92 Å². The molecule has 0 saturated heterocycles. The third-order valence-corrected chi connectivity index (χ3v) is 5.77. The number of guanidine groups is 1. The van der Waals surface area contributed by atoms with Gasteiger partial charge in [-0.25, -0.2) is 4.98 Å². The molecule has 0 radical (unpaired) electrons. The lowest BCUT2D eigenvalue weighted by atomic mass is 9.84. The molecule has 0 bridgehead atoms. The van der Waals surface area contributed by atoms with E-state index in [0.717, 1.165) is 31.3 Å². The van der Waals surface area contributed by atoms with Crippen molar-refractivity contribution in [3.8, 4) is 0 Å². The van der Waals surface area contributed by atoms with E-state index in [1.54, 1.807) is 0 Å². The smallest absolute Gasteiger partial charge is 0.191 e. The van der Waals surface area contributed by atoms with Crippen LogP contribution in [0.4, 0.5) is 0 Å². The Hall–Kier alpha value is -1.10. The van der Waals surface area contributed by atoms with Gasteiger partial charge in [-0.1, -0.05) is 20.3 Å². The topological polar surface area (TPSA) is 49.3 Å². The molecule has 124 valence electrons. The fourth-order valence-electron chi connectivity index (χ4n) is 3.02. The van der Waals surface area contributed by atoms with Crippen molar-refractivity contribution < 1.29 is 0 Å². The summed E-state index contributed by atoms with van der Waals surface area (Å²) in [6, 6.07) is 0.584. The molecule has 1 saturated carbocycles. The van der Waals surface area contributed by atoms with E-state index < -0.39 is 0 Å². The van der Waals surface area contributed by atoms with Gasteiger partial charge in [0, 0.05) is 37.1 Å². The van der Waals surface area contributed by atoms with Gasteiger partial charge >= 0.3 is 0 Å². The summed E-state index contributed by atoms with van der Waals surface area (Å²) in [6.07, 6.45) is 10.6. The summed E-state index contributed by atoms with van der Waals surface area (Å²) in [5.41, 5.74) is 0. The van der Waals surface area contributed by atoms with Crippen LogP contribution >= 0.6 is 11.3 Å². The minimum atomic E-state index is 0.584. The minimum absolute atomic E-state index is 0.584.